The van der Waals surface area contributed by atoms with E-state index >= 15 is 0 Å². The number of nitrogens with two attached hydrogens (primary N) is 1. The van der Waals surface area contributed by atoms with Crippen LogP contribution in [0.2, 0.25) is 0 Å². The Morgan fingerprint density at radius 1 is 1.39 bits per heavy atom. The molecule has 98 valence electrons. The van der Waals surface area contributed by atoms with Crippen LogP contribution in [0.4, 0.5) is 5.95 Å². The third kappa shape index (κ3) is 3.00. The quantitative estimate of drug-likeness (QED) is 0.791. The van der Waals surface area contributed by atoms with Gasteiger partial charge in [0.05, 0.1) is 5.75 Å². The SMILES string of the molecule is CCCCc1noc(CSc2nnc(N)n2C)n1. The Morgan fingerprint density at radius 3 is 2.89 bits per heavy atom. The first-order chi connectivity index (χ1) is 8.70. The normalized spacial score (nSPS) is 11.0. The van der Waals surface area contributed by atoms with Gasteiger partial charge in [0.2, 0.25) is 11.8 Å². The van der Waals surface area contributed by atoms with Crippen molar-refractivity contribution in [2.24, 2.45) is 7.05 Å². The fourth-order valence-electron chi connectivity index (χ4n) is 1.36. The molecule has 0 spiro atoms. The van der Waals surface area contributed by atoms with E-state index in [1.165, 1.54) is 11.8 Å². The van der Waals surface area contributed by atoms with Gasteiger partial charge in [-0.25, -0.2) is 0 Å². The van der Waals surface area contributed by atoms with Crippen LogP contribution in [0, 0.1) is 0 Å². The van der Waals surface area contributed by atoms with Gasteiger partial charge in [0.1, 0.15) is 0 Å². The Balaban J connectivity index is 1.90. The molecule has 0 saturated heterocycles. The first-order valence-electron chi connectivity index (χ1n) is 5.79. The van der Waals surface area contributed by atoms with Gasteiger partial charge >= 0.3 is 0 Å². The third-order valence-electron chi connectivity index (χ3n) is 2.46. The van der Waals surface area contributed by atoms with Crippen LogP contribution in [0.25, 0.3) is 0 Å². The minimum absolute atomic E-state index is 0.395. The van der Waals surface area contributed by atoms with Gasteiger partial charge in [-0.05, 0) is 6.42 Å². The van der Waals surface area contributed by atoms with Crippen LogP contribution in [-0.4, -0.2) is 24.9 Å². The van der Waals surface area contributed by atoms with Crippen molar-refractivity contribution in [2.75, 3.05) is 5.73 Å². The Hall–Kier alpha value is -1.57. The highest BCUT2D eigenvalue weighted by molar-refractivity contribution is 7.98. The summed E-state index contributed by atoms with van der Waals surface area (Å²) in [5, 5.41) is 12.4. The fraction of sp³-hybridized carbons (Fsp3) is 0.600. The maximum Gasteiger partial charge on any atom is 0.237 e. The second-order valence-electron chi connectivity index (χ2n) is 3.90. The van der Waals surface area contributed by atoms with Crippen LogP contribution in [0.15, 0.2) is 9.68 Å². The molecule has 0 saturated carbocycles. The predicted octanol–water partition coefficient (Wildman–Crippen LogP) is 1.42. The number of hydrogen-bond acceptors (Lipinski definition) is 7. The summed E-state index contributed by atoms with van der Waals surface area (Å²) in [5.74, 6) is 2.34. The first kappa shape index (κ1) is 12.9. The van der Waals surface area contributed by atoms with Gasteiger partial charge in [-0.3, -0.25) is 4.57 Å². The highest BCUT2D eigenvalue weighted by Gasteiger charge is 2.10. The molecule has 2 aromatic rings. The van der Waals surface area contributed by atoms with Crippen molar-refractivity contribution in [3.05, 3.63) is 11.7 Å². The van der Waals surface area contributed by atoms with E-state index in [2.05, 4.69) is 27.3 Å². The molecule has 2 aromatic heterocycles. The van der Waals surface area contributed by atoms with Crippen molar-refractivity contribution < 1.29 is 4.52 Å². The average Bonchev–Trinajstić information content (AvgIpc) is 2.94. The molecular formula is C10H16N6OS. The number of nitrogens with zero attached hydrogens (tertiary/aromatic N) is 5. The van der Waals surface area contributed by atoms with E-state index in [0.717, 1.165) is 30.2 Å². The molecule has 0 aliphatic heterocycles. The van der Waals surface area contributed by atoms with Gasteiger partial charge in [-0.15, -0.1) is 10.2 Å². The number of anilines is 1. The van der Waals surface area contributed by atoms with Crippen molar-refractivity contribution in [3.63, 3.8) is 0 Å². The van der Waals surface area contributed by atoms with Crippen LogP contribution < -0.4 is 5.73 Å². The minimum Gasteiger partial charge on any atom is -0.368 e. The zero-order chi connectivity index (χ0) is 13.0. The third-order valence-corrected chi connectivity index (χ3v) is 3.46. The Morgan fingerprint density at radius 2 is 2.22 bits per heavy atom. The second kappa shape index (κ2) is 5.85. The van der Waals surface area contributed by atoms with Crippen LogP contribution in [-0.2, 0) is 19.2 Å². The molecule has 2 heterocycles. The van der Waals surface area contributed by atoms with E-state index in [4.69, 9.17) is 10.3 Å². The Labute approximate surface area is 109 Å². The summed E-state index contributed by atoms with van der Waals surface area (Å²) in [4.78, 5) is 4.31. The lowest BCUT2D eigenvalue weighted by molar-refractivity contribution is 0.384. The Kier molecular flexibility index (Phi) is 4.19. The molecule has 7 nitrogen and oxygen atoms in total. The summed E-state index contributed by atoms with van der Waals surface area (Å²) in [6, 6.07) is 0. The first-order valence-corrected chi connectivity index (χ1v) is 6.78. The molecule has 8 heteroatoms. The summed E-state index contributed by atoms with van der Waals surface area (Å²) < 4.78 is 6.88. The largest absolute Gasteiger partial charge is 0.368 e. The molecule has 0 aliphatic rings. The van der Waals surface area contributed by atoms with Crippen LogP contribution >= 0.6 is 11.8 Å². The Bertz CT molecular complexity index is 508. The topological polar surface area (TPSA) is 95.6 Å². The maximum absolute atomic E-state index is 5.59. The van der Waals surface area contributed by atoms with Gasteiger partial charge < -0.3 is 10.3 Å². The lowest BCUT2D eigenvalue weighted by Gasteiger charge is -1.97. The molecule has 0 radical (unpaired) electrons. The molecule has 0 fully saturated rings. The minimum atomic E-state index is 0.395. The smallest absolute Gasteiger partial charge is 0.237 e. The van der Waals surface area contributed by atoms with Crippen LogP contribution in [0.5, 0.6) is 0 Å². The van der Waals surface area contributed by atoms with Crippen molar-refractivity contribution in [1.29, 1.82) is 0 Å². The van der Waals surface area contributed by atoms with Crippen molar-refractivity contribution in [1.82, 2.24) is 24.9 Å². The average molecular weight is 268 g/mol. The van der Waals surface area contributed by atoms with Gasteiger partial charge in [0.25, 0.3) is 0 Å². The summed E-state index contributed by atoms with van der Waals surface area (Å²) >= 11 is 1.47. The summed E-state index contributed by atoms with van der Waals surface area (Å²) in [5.41, 5.74) is 5.59. The van der Waals surface area contributed by atoms with Crippen LogP contribution in [0.1, 0.15) is 31.5 Å². The number of nitrogen functional groups attached to an aromatic ring is 1. The molecule has 2 rings (SSSR count). The van der Waals surface area contributed by atoms with E-state index in [1.807, 2.05) is 7.05 Å². The lowest BCUT2D eigenvalue weighted by atomic mass is 10.2. The monoisotopic (exact) mass is 268 g/mol. The number of unbranched alkanes of at least 4 members (excludes halogenated alkanes) is 1. The van der Waals surface area contributed by atoms with Crippen molar-refractivity contribution in [3.8, 4) is 0 Å². The van der Waals surface area contributed by atoms with E-state index in [9.17, 15) is 0 Å². The number of hydrogen-bond donors (Lipinski definition) is 1. The van der Waals surface area contributed by atoms with Gasteiger partial charge in [0.15, 0.2) is 11.0 Å². The van der Waals surface area contributed by atoms with Crippen molar-refractivity contribution >= 4 is 17.7 Å². The number of aromatic nitrogens is 5. The summed E-state index contributed by atoms with van der Waals surface area (Å²) in [7, 11) is 1.82. The summed E-state index contributed by atoms with van der Waals surface area (Å²) in [6.07, 6.45) is 3.06. The van der Waals surface area contributed by atoms with Gasteiger partial charge in [0, 0.05) is 13.5 Å². The molecule has 0 unspecified atom stereocenters. The zero-order valence-corrected chi connectivity index (χ0v) is 11.3. The standard InChI is InChI=1S/C10H16N6OS/c1-3-4-5-7-12-8(17-15-7)6-18-10-14-13-9(11)16(10)2/h3-6H2,1-2H3,(H2,11,13). The van der Waals surface area contributed by atoms with Gasteiger partial charge in [-0.2, -0.15) is 4.98 Å². The van der Waals surface area contributed by atoms with E-state index in [0.29, 0.717) is 17.6 Å². The second-order valence-corrected chi connectivity index (χ2v) is 4.84. The van der Waals surface area contributed by atoms with E-state index in [1.54, 1.807) is 4.57 Å². The highest BCUT2D eigenvalue weighted by atomic mass is 32.2. The fourth-order valence-corrected chi connectivity index (χ4v) is 2.12. The van der Waals surface area contributed by atoms with E-state index < -0.39 is 0 Å². The summed E-state index contributed by atoms with van der Waals surface area (Å²) in [6.45, 7) is 2.13. The number of thioether (sulfide) groups is 1. The molecule has 0 amide bonds. The molecule has 0 aromatic carbocycles. The lowest BCUT2D eigenvalue weighted by Crippen LogP contribution is -1.98. The van der Waals surface area contributed by atoms with E-state index in [-0.39, 0.29) is 0 Å². The van der Waals surface area contributed by atoms with Crippen LogP contribution in [0.3, 0.4) is 0 Å². The number of rotatable bonds is 6. The molecule has 0 atom stereocenters. The number of aryl methyl sites for hydroxylation is 1. The van der Waals surface area contributed by atoms with Crippen molar-refractivity contribution in [2.45, 2.75) is 37.1 Å². The maximum atomic E-state index is 5.59. The highest BCUT2D eigenvalue weighted by Crippen LogP contribution is 2.20. The zero-order valence-electron chi connectivity index (χ0n) is 10.5. The van der Waals surface area contributed by atoms with Gasteiger partial charge in [-0.1, -0.05) is 30.3 Å². The molecular weight excluding hydrogens is 252 g/mol. The molecule has 0 bridgehead atoms. The molecule has 2 N–H and O–H groups in total. The predicted molar refractivity (Wildman–Crippen MR) is 67.9 cm³/mol. The molecule has 0 aliphatic carbocycles. The molecule has 18 heavy (non-hydrogen) atoms.